The average molecular weight is 297 g/mol. The largest absolute Gasteiger partial charge is 0.370 e. The quantitative estimate of drug-likeness (QED) is 0.793. The third-order valence-corrected chi connectivity index (χ3v) is 3.70. The van der Waals surface area contributed by atoms with Crippen LogP contribution in [0.1, 0.15) is 78.6 Å². The van der Waals surface area contributed by atoms with Gasteiger partial charge in [0.25, 0.3) is 0 Å². The first kappa shape index (κ1) is 18.1. The fourth-order valence-corrected chi connectivity index (χ4v) is 2.59. The molecule has 1 aromatic rings. The minimum absolute atomic E-state index is 0.0633. The number of hydrogen-bond acceptors (Lipinski definition) is 5. The summed E-state index contributed by atoms with van der Waals surface area (Å²) in [6, 6.07) is 0.313. The first-order valence-corrected chi connectivity index (χ1v) is 8.03. The van der Waals surface area contributed by atoms with E-state index in [4.69, 9.17) is 9.26 Å². The average Bonchev–Trinajstić information content (AvgIpc) is 2.84. The van der Waals surface area contributed by atoms with Gasteiger partial charge in [-0.15, -0.1) is 0 Å². The number of rotatable bonds is 8. The Balaban J connectivity index is 2.96. The predicted molar refractivity (Wildman–Crippen MR) is 84.3 cm³/mol. The van der Waals surface area contributed by atoms with Gasteiger partial charge in [0.15, 0.2) is 0 Å². The first-order chi connectivity index (χ1) is 9.85. The van der Waals surface area contributed by atoms with Crippen molar-refractivity contribution in [3.8, 4) is 0 Å². The number of hydrogen-bond donors (Lipinski definition) is 1. The number of nitrogens with zero attached hydrogens (tertiary/aromatic N) is 2. The lowest BCUT2D eigenvalue weighted by Crippen LogP contribution is -2.32. The molecule has 0 saturated heterocycles. The first-order valence-electron chi connectivity index (χ1n) is 8.03. The van der Waals surface area contributed by atoms with Crippen LogP contribution in [0.25, 0.3) is 0 Å². The van der Waals surface area contributed by atoms with Gasteiger partial charge in [-0.05, 0) is 32.2 Å². The van der Waals surface area contributed by atoms with Gasteiger partial charge in [0.1, 0.15) is 6.10 Å². The van der Waals surface area contributed by atoms with Gasteiger partial charge in [0, 0.05) is 12.6 Å². The molecule has 122 valence electrons. The van der Waals surface area contributed by atoms with Crippen molar-refractivity contribution in [3.63, 3.8) is 0 Å². The molecular weight excluding hydrogens is 266 g/mol. The van der Waals surface area contributed by atoms with Crippen LogP contribution in [0, 0.1) is 5.41 Å². The zero-order valence-corrected chi connectivity index (χ0v) is 14.6. The molecule has 1 rings (SSSR count). The number of likely N-dealkylation sites (N-methyl/N-ethyl adjacent to an activating group) is 1. The third-order valence-electron chi connectivity index (χ3n) is 3.70. The van der Waals surface area contributed by atoms with Crippen molar-refractivity contribution in [1.82, 2.24) is 15.5 Å². The van der Waals surface area contributed by atoms with Crippen LogP contribution in [-0.4, -0.2) is 29.3 Å². The minimum atomic E-state index is -0.146. The SMILES string of the molecule is CCNC(C)C(CC)c1nc(C(OCC)C(C)(C)C)no1. The lowest BCUT2D eigenvalue weighted by molar-refractivity contribution is -0.0203. The molecule has 1 N–H and O–H groups in total. The highest BCUT2D eigenvalue weighted by Gasteiger charge is 2.32. The molecule has 3 unspecified atom stereocenters. The smallest absolute Gasteiger partial charge is 0.231 e. The summed E-state index contributed by atoms with van der Waals surface area (Å²) >= 11 is 0. The lowest BCUT2D eigenvalue weighted by Gasteiger charge is -2.27. The molecule has 3 atom stereocenters. The maximum atomic E-state index is 5.83. The molecule has 0 aromatic carbocycles. The second-order valence-electron chi connectivity index (χ2n) is 6.55. The Morgan fingerprint density at radius 3 is 2.38 bits per heavy atom. The number of aromatic nitrogens is 2. The molecule has 1 heterocycles. The molecular formula is C16H31N3O2. The van der Waals surface area contributed by atoms with Gasteiger partial charge in [0.05, 0.1) is 5.92 Å². The fourth-order valence-electron chi connectivity index (χ4n) is 2.59. The highest BCUT2D eigenvalue weighted by Crippen LogP contribution is 2.35. The summed E-state index contributed by atoms with van der Waals surface area (Å²) in [5.41, 5.74) is -0.0633. The van der Waals surface area contributed by atoms with Gasteiger partial charge in [-0.1, -0.05) is 39.8 Å². The summed E-state index contributed by atoms with van der Waals surface area (Å²) in [5.74, 6) is 1.59. The van der Waals surface area contributed by atoms with Gasteiger partial charge >= 0.3 is 0 Å². The Morgan fingerprint density at radius 1 is 1.24 bits per heavy atom. The van der Waals surface area contributed by atoms with Crippen molar-refractivity contribution in [2.24, 2.45) is 5.41 Å². The second-order valence-corrected chi connectivity index (χ2v) is 6.55. The van der Waals surface area contributed by atoms with E-state index < -0.39 is 0 Å². The Bertz CT molecular complexity index is 412. The Morgan fingerprint density at radius 2 is 1.90 bits per heavy atom. The third kappa shape index (κ3) is 4.78. The highest BCUT2D eigenvalue weighted by molar-refractivity contribution is 5.02. The molecule has 0 bridgehead atoms. The van der Waals surface area contributed by atoms with E-state index >= 15 is 0 Å². The number of nitrogens with one attached hydrogen (secondary N) is 1. The standard InChI is InChI=1S/C16H31N3O2/c1-8-12(11(4)17-9-2)15-18-14(19-21-15)13(20-10-3)16(5,6)7/h11-13,17H,8-10H2,1-7H3. The molecule has 5 nitrogen and oxygen atoms in total. The maximum Gasteiger partial charge on any atom is 0.231 e. The van der Waals surface area contributed by atoms with Crippen molar-refractivity contribution >= 4 is 0 Å². The topological polar surface area (TPSA) is 60.2 Å². The summed E-state index contributed by atoms with van der Waals surface area (Å²) in [6.45, 7) is 16.3. The highest BCUT2D eigenvalue weighted by atomic mass is 16.5. The second kappa shape index (κ2) is 7.90. The van der Waals surface area contributed by atoms with E-state index in [0.29, 0.717) is 24.4 Å². The molecule has 0 spiro atoms. The normalized spacial score (nSPS) is 16.7. The van der Waals surface area contributed by atoms with Crippen LogP contribution < -0.4 is 5.32 Å². The van der Waals surface area contributed by atoms with Crippen LogP contribution in [0.3, 0.4) is 0 Å². The molecule has 21 heavy (non-hydrogen) atoms. The van der Waals surface area contributed by atoms with E-state index in [-0.39, 0.29) is 17.4 Å². The van der Waals surface area contributed by atoms with Gasteiger partial charge in [-0.25, -0.2) is 0 Å². The van der Waals surface area contributed by atoms with E-state index in [9.17, 15) is 0 Å². The van der Waals surface area contributed by atoms with Crippen LogP contribution in [0.4, 0.5) is 0 Å². The molecule has 0 amide bonds. The zero-order chi connectivity index (χ0) is 16.0. The summed E-state index contributed by atoms with van der Waals surface area (Å²) < 4.78 is 11.4. The van der Waals surface area contributed by atoms with Crippen molar-refractivity contribution in [2.75, 3.05) is 13.2 Å². The molecule has 5 heteroatoms. The van der Waals surface area contributed by atoms with E-state index in [1.807, 2.05) is 6.92 Å². The van der Waals surface area contributed by atoms with Gasteiger partial charge in [0.2, 0.25) is 11.7 Å². The van der Waals surface area contributed by atoms with Crippen LogP contribution in [0.15, 0.2) is 4.52 Å². The Hall–Kier alpha value is -0.940. The molecule has 0 saturated carbocycles. The number of ether oxygens (including phenoxy) is 1. The van der Waals surface area contributed by atoms with Crippen LogP contribution in [0.2, 0.25) is 0 Å². The van der Waals surface area contributed by atoms with Crippen LogP contribution in [-0.2, 0) is 4.74 Å². The Labute approximate surface area is 128 Å². The summed E-state index contributed by atoms with van der Waals surface area (Å²) in [5, 5.41) is 7.60. The maximum absolute atomic E-state index is 5.83. The van der Waals surface area contributed by atoms with Crippen molar-refractivity contribution in [1.29, 1.82) is 0 Å². The summed E-state index contributed by atoms with van der Waals surface area (Å²) in [4.78, 5) is 4.63. The lowest BCUT2D eigenvalue weighted by atomic mass is 9.88. The van der Waals surface area contributed by atoms with E-state index in [1.54, 1.807) is 0 Å². The predicted octanol–water partition coefficient (Wildman–Crippen LogP) is 3.68. The van der Waals surface area contributed by atoms with Crippen molar-refractivity contribution in [3.05, 3.63) is 11.7 Å². The summed E-state index contributed by atoms with van der Waals surface area (Å²) in [7, 11) is 0. The van der Waals surface area contributed by atoms with E-state index in [0.717, 1.165) is 13.0 Å². The van der Waals surface area contributed by atoms with E-state index in [1.165, 1.54) is 0 Å². The molecule has 0 radical (unpaired) electrons. The minimum Gasteiger partial charge on any atom is -0.370 e. The van der Waals surface area contributed by atoms with Crippen LogP contribution >= 0.6 is 0 Å². The molecule has 1 aromatic heterocycles. The monoisotopic (exact) mass is 297 g/mol. The van der Waals surface area contributed by atoms with E-state index in [2.05, 4.69) is 57.0 Å². The van der Waals surface area contributed by atoms with Crippen LogP contribution in [0.5, 0.6) is 0 Å². The van der Waals surface area contributed by atoms with Gasteiger partial charge in [-0.3, -0.25) is 0 Å². The van der Waals surface area contributed by atoms with Crippen molar-refractivity contribution in [2.45, 2.75) is 73.0 Å². The molecule has 0 aliphatic carbocycles. The fraction of sp³-hybridized carbons (Fsp3) is 0.875. The molecule has 0 aliphatic rings. The zero-order valence-electron chi connectivity index (χ0n) is 14.6. The molecule has 0 fully saturated rings. The van der Waals surface area contributed by atoms with Gasteiger partial charge < -0.3 is 14.6 Å². The van der Waals surface area contributed by atoms with Crippen molar-refractivity contribution < 1.29 is 9.26 Å². The molecule has 0 aliphatic heterocycles. The Kier molecular flexibility index (Phi) is 6.81. The van der Waals surface area contributed by atoms with Gasteiger partial charge in [-0.2, -0.15) is 4.98 Å². The summed E-state index contributed by atoms with van der Waals surface area (Å²) in [6.07, 6.45) is 0.817.